The van der Waals surface area contributed by atoms with Crippen molar-refractivity contribution in [3.63, 3.8) is 0 Å². The first-order valence-corrected chi connectivity index (χ1v) is 10.6. The second-order valence-corrected chi connectivity index (χ2v) is 8.54. The van der Waals surface area contributed by atoms with Crippen molar-refractivity contribution in [3.8, 4) is 22.4 Å². The van der Waals surface area contributed by atoms with Crippen LogP contribution in [0.15, 0.2) is 73.2 Å². The zero-order valence-electron chi connectivity index (χ0n) is 16.6. The number of pyridine rings is 3. The first-order valence-electron chi connectivity index (χ1n) is 10.6. The van der Waals surface area contributed by atoms with E-state index in [4.69, 9.17) is 9.97 Å². The molecule has 8 rings (SSSR count). The largest absolute Gasteiger partial charge is 0.279 e. The molecular weight excluding hydrogens is 380 g/mol. The van der Waals surface area contributed by atoms with Crippen molar-refractivity contribution in [1.29, 1.82) is 0 Å². The van der Waals surface area contributed by atoms with E-state index in [1.807, 2.05) is 24.7 Å². The highest BCUT2D eigenvalue weighted by atomic mass is 15.1. The highest BCUT2D eigenvalue weighted by molar-refractivity contribution is 6.11. The lowest BCUT2D eigenvalue weighted by molar-refractivity contribution is 1.07. The van der Waals surface area contributed by atoms with E-state index in [1.54, 1.807) is 0 Å². The van der Waals surface area contributed by atoms with E-state index in [-0.39, 0.29) is 0 Å². The van der Waals surface area contributed by atoms with E-state index < -0.39 is 0 Å². The minimum atomic E-state index is 0.887. The Labute approximate surface area is 177 Å². The first kappa shape index (κ1) is 15.7. The van der Waals surface area contributed by atoms with Gasteiger partial charge in [0.25, 0.3) is 0 Å². The van der Waals surface area contributed by atoms with Gasteiger partial charge in [0.2, 0.25) is 0 Å². The van der Waals surface area contributed by atoms with E-state index in [0.717, 1.165) is 46.0 Å². The summed E-state index contributed by atoms with van der Waals surface area (Å²) in [6.45, 7) is 0. The Hall–Kier alpha value is -4.05. The zero-order chi connectivity index (χ0) is 20.1. The minimum Gasteiger partial charge on any atom is -0.279 e. The van der Waals surface area contributed by atoms with Gasteiger partial charge in [-0.2, -0.15) is 0 Å². The highest BCUT2D eigenvalue weighted by Gasteiger charge is 2.29. The molecule has 0 unspecified atom stereocenters. The molecule has 0 spiro atoms. The maximum Gasteiger partial charge on any atom is 0.147 e. The van der Waals surface area contributed by atoms with Crippen LogP contribution in [0, 0.1) is 0 Å². The number of hydrogen-bond donors (Lipinski definition) is 0. The van der Waals surface area contributed by atoms with Gasteiger partial charge >= 0.3 is 0 Å². The topological polar surface area (TPSA) is 43.1 Å². The summed E-state index contributed by atoms with van der Waals surface area (Å²) in [5, 5.41) is 3.34. The summed E-state index contributed by atoms with van der Waals surface area (Å²) >= 11 is 0. The molecule has 0 saturated carbocycles. The van der Waals surface area contributed by atoms with Crippen LogP contribution in [0.1, 0.15) is 22.4 Å². The van der Waals surface area contributed by atoms with Gasteiger partial charge < -0.3 is 0 Å². The standard InChI is InChI=1S/C27H16N4/c1-2-5-18-15(4-1)10-16-11-17-12-24-25(22(17)13-21(16)18)30-27-20-7-9-28-14-23(20)19-6-3-8-29-26(19)31(24)27/h1-9,11,13-14H,10,12H2. The van der Waals surface area contributed by atoms with E-state index in [1.165, 1.54) is 39.1 Å². The molecule has 0 bridgehead atoms. The smallest absolute Gasteiger partial charge is 0.147 e. The summed E-state index contributed by atoms with van der Waals surface area (Å²) in [7, 11) is 0. The fourth-order valence-electron chi connectivity index (χ4n) is 5.61. The number of nitrogens with zero attached hydrogens (tertiary/aromatic N) is 4. The summed E-state index contributed by atoms with van der Waals surface area (Å²) in [5.74, 6) is 0. The van der Waals surface area contributed by atoms with Crippen molar-refractivity contribution >= 4 is 27.5 Å². The van der Waals surface area contributed by atoms with Gasteiger partial charge in [-0.1, -0.05) is 30.3 Å². The number of hydrogen-bond acceptors (Lipinski definition) is 3. The highest BCUT2D eigenvalue weighted by Crippen LogP contribution is 2.45. The Morgan fingerprint density at radius 3 is 2.58 bits per heavy atom. The second-order valence-electron chi connectivity index (χ2n) is 8.54. The van der Waals surface area contributed by atoms with Crippen molar-refractivity contribution in [3.05, 3.63) is 95.6 Å². The predicted octanol–water partition coefficient (Wildman–Crippen LogP) is 5.57. The van der Waals surface area contributed by atoms with E-state index in [0.29, 0.717) is 0 Å². The van der Waals surface area contributed by atoms with Gasteiger partial charge in [0.1, 0.15) is 11.3 Å². The Morgan fingerprint density at radius 2 is 1.58 bits per heavy atom. The van der Waals surface area contributed by atoms with Gasteiger partial charge in [-0.3, -0.25) is 9.38 Å². The Balaban J connectivity index is 1.48. The minimum absolute atomic E-state index is 0.887. The van der Waals surface area contributed by atoms with Crippen molar-refractivity contribution in [2.45, 2.75) is 12.8 Å². The quantitative estimate of drug-likeness (QED) is 0.315. The van der Waals surface area contributed by atoms with E-state index in [9.17, 15) is 0 Å². The SMILES string of the molecule is c1ccc2c(c1)Cc1cc3c(cc1-2)-c1nc2c4ccncc4c4cccnc4n2c1C3. The van der Waals surface area contributed by atoms with Crippen LogP contribution in [0.2, 0.25) is 0 Å². The van der Waals surface area contributed by atoms with Gasteiger partial charge in [0.05, 0.1) is 11.4 Å². The van der Waals surface area contributed by atoms with Gasteiger partial charge in [0, 0.05) is 46.7 Å². The fraction of sp³-hybridized carbons (Fsp3) is 0.0741. The summed E-state index contributed by atoms with van der Waals surface area (Å²) in [6.07, 6.45) is 7.55. The monoisotopic (exact) mass is 396 g/mol. The van der Waals surface area contributed by atoms with Gasteiger partial charge in [-0.05, 0) is 58.5 Å². The molecule has 0 amide bonds. The van der Waals surface area contributed by atoms with Crippen LogP contribution in [-0.4, -0.2) is 19.4 Å². The second kappa shape index (κ2) is 5.35. The molecular formula is C27H16N4. The molecule has 0 radical (unpaired) electrons. The molecule has 4 nitrogen and oxygen atoms in total. The van der Waals surface area contributed by atoms with Gasteiger partial charge in [-0.25, -0.2) is 9.97 Å². The summed E-state index contributed by atoms with van der Waals surface area (Å²) in [6, 6.07) is 19.7. The molecule has 0 N–H and O–H groups in total. The normalized spacial score (nSPS) is 13.5. The number of fused-ring (bicyclic) bond motifs is 13. The van der Waals surface area contributed by atoms with Crippen LogP contribution in [0.4, 0.5) is 0 Å². The fourth-order valence-corrected chi connectivity index (χ4v) is 5.61. The van der Waals surface area contributed by atoms with E-state index in [2.05, 4.69) is 57.9 Å². The molecule has 0 fully saturated rings. The third kappa shape index (κ3) is 1.88. The van der Waals surface area contributed by atoms with Gasteiger partial charge in [0.15, 0.2) is 0 Å². The first-order chi connectivity index (χ1) is 15.4. The van der Waals surface area contributed by atoms with Crippen LogP contribution >= 0.6 is 0 Å². The molecule has 0 saturated heterocycles. The molecule has 2 aromatic carbocycles. The molecule has 0 aliphatic heterocycles. The lowest BCUT2D eigenvalue weighted by Gasteiger charge is -2.09. The van der Waals surface area contributed by atoms with Crippen molar-refractivity contribution in [1.82, 2.24) is 19.4 Å². The van der Waals surface area contributed by atoms with Crippen molar-refractivity contribution < 1.29 is 0 Å². The number of rotatable bonds is 0. The van der Waals surface area contributed by atoms with Crippen molar-refractivity contribution in [2.24, 2.45) is 0 Å². The number of imidazole rings is 1. The predicted molar refractivity (Wildman–Crippen MR) is 122 cm³/mol. The summed E-state index contributed by atoms with van der Waals surface area (Å²) < 4.78 is 2.27. The van der Waals surface area contributed by atoms with Crippen LogP contribution < -0.4 is 0 Å². The van der Waals surface area contributed by atoms with Gasteiger partial charge in [-0.15, -0.1) is 0 Å². The third-order valence-electron chi connectivity index (χ3n) is 6.95. The lowest BCUT2D eigenvalue weighted by Crippen LogP contribution is -1.98. The lowest BCUT2D eigenvalue weighted by atomic mass is 9.99. The molecule has 4 heteroatoms. The average Bonchev–Trinajstić information content (AvgIpc) is 3.47. The number of aromatic nitrogens is 4. The maximum atomic E-state index is 5.19. The van der Waals surface area contributed by atoms with Crippen LogP contribution in [0.25, 0.3) is 49.8 Å². The average molecular weight is 396 g/mol. The maximum absolute atomic E-state index is 5.19. The zero-order valence-corrected chi connectivity index (χ0v) is 16.6. The van der Waals surface area contributed by atoms with Crippen LogP contribution in [0.3, 0.4) is 0 Å². The molecule has 4 heterocycles. The molecule has 2 aliphatic rings. The Kier molecular flexibility index (Phi) is 2.72. The summed E-state index contributed by atoms with van der Waals surface area (Å²) in [4.78, 5) is 14.3. The van der Waals surface area contributed by atoms with Crippen LogP contribution in [-0.2, 0) is 12.8 Å². The molecule has 6 aromatic rings. The molecule has 31 heavy (non-hydrogen) atoms. The van der Waals surface area contributed by atoms with Crippen molar-refractivity contribution in [2.75, 3.05) is 0 Å². The molecule has 4 aromatic heterocycles. The van der Waals surface area contributed by atoms with E-state index >= 15 is 0 Å². The van der Waals surface area contributed by atoms with Crippen LogP contribution in [0.5, 0.6) is 0 Å². The summed E-state index contributed by atoms with van der Waals surface area (Å²) in [5.41, 5.74) is 12.5. The Bertz CT molecular complexity index is 1740. The Morgan fingerprint density at radius 1 is 0.677 bits per heavy atom. The molecule has 144 valence electrons. The molecule has 2 aliphatic carbocycles. The number of benzene rings is 2. The molecule has 0 atom stereocenters. The third-order valence-corrected chi connectivity index (χ3v) is 6.95.